The molecule has 0 aromatic heterocycles. The molecule has 0 saturated carbocycles. The molecular weight excluding hydrogens is 385 g/mol. The zero-order valence-electron chi connectivity index (χ0n) is 19.0. The van der Waals surface area contributed by atoms with E-state index >= 15 is 0 Å². The van der Waals surface area contributed by atoms with Gasteiger partial charge in [0.2, 0.25) is 0 Å². The molecule has 0 amide bonds. The van der Waals surface area contributed by atoms with Crippen LogP contribution in [-0.2, 0) is 31.9 Å². The van der Waals surface area contributed by atoms with Gasteiger partial charge in [0.15, 0.2) is 0 Å². The van der Waals surface area contributed by atoms with E-state index in [9.17, 15) is 13.2 Å². The topological polar surface area (TPSA) is 9.23 Å². The van der Waals surface area contributed by atoms with Crippen molar-refractivity contribution >= 4 is 0 Å². The molecule has 0 aliphatic carbocycles. The lowest BCUT2D eigenvalue weighted by Crippen LogP contribution is -2.18. The van der Waals surface area contributed by atoms with E-state index in [4.69, 9.17) is 4.74 Å². The summed E-state index contributed by atoms with van der Waals surface area (Å²) in [6, 6.07) is 7.05. The molecule has 0 heterocycles. The second-order valence-corrected chi connectivity index (χ2v) is 7.89. The highest BCUT2D eigenvalue weighted by molar-refractivity contribution is 5.77. The van der Waals surface area contributed by atoms with Crippen LogP contribution < -0.4 is 4.74 Å². The molecule has 0 spiro atoms. The molecule has 30 heavy (non-hydrogen) atoms. The van der Waals surface area contributed by atoms with Gasteiger partial charge in [-0.1, -0.05) is 65.5 Å². The Hall–Kier alpha value is -1.97. The normalized spacial score (nSPS) is 11.7. The second kappa shape index (κ2) is 10.9. The highest BCUT2D eigenvalue weighted by Crippen LogP contribution is 2.46. The van der Waals surface area contributed by atoms with Gasteiger partial charge in [0.25, 0.3) is 0 Å². The number of hydrogen-bond acceptors (Lipinski definition) is 1. The second-order valence-electron chi connectivity index (χ2n) is 7.89. The van der Waals surface area contributed by atoms with Gasteiger partial charge in [0.1, 0.15) is 5.75 Å². The zero-order chi connectivity index (χ0) is 22.3. The molecular formula is C26H35F3O. The minimum Gasteiger partial charge on any atom is -0.497 e. The SMILES string of the molecule is CCCc1c(CCC)c(CCC)c(C(F)(F)F)c(-c2ccc(OC)cc2)c1CCC. The number of ether oxygens (including phenoxy) is 1. The van der Waals surface area contributed by atoms with Gasteiger partial charge in [0, 0.05) is 0 Å². The van der Waals surface area contributed by atoms with Crippen LogP contribution in [0, 0.1) is 0 Å². The monoisotopic (exact) mass is 420 g/mol. The fourth-order valence-electron chi connectivity index (χ4n) is 4.51. The smallest absolute Gasteiger partial charge is 0.417 e. The van der Waals surface area contributed by atoms with Crippen LogP contribution in [0.5, 0.6) is 5.75 Å². The Morgan fingerprint density at radius 3 is 1.53 bits per heavy atom. The van der Waals surface area contributed by atoms with E-state index in [1.54, 1.807) is 31.4 Å². The minimum absolute atomic E-state index is 0.388. The predicted octanol–water partition coefficient (Wildman–Crippen LogP) is 8.19. The van der Waals surface area contributed by atoms with Gasteiger partial charge in [-0.3, -0.25) is 0 Å². The summed E-state index contributed by atoms with van der Waals surface area (Å²) in [5.74, 6) is 0.648. The van der Waals surface area contributed by atoms with E-state index in [1.165, 1.54) is 0 Å². The molecule has 0 unspecified atom stereocenters. The maximum atomic E-state index is 14.6. The first-order valence-corrected chi connectivity index (χ1v) is 11.2. The third-order valence-corrected chi connectivity index (χ3v) is 5.61. The van der Waals surface area contributed by atoms with Crippen molar-refractivity contribution in [3.8, 4) is 16.9 Å². The average Bonchev–Trinajstić information content (AvgIpc) is 2.71. The summed E-state index contributed by atoms with van der Waals surface area (Å²) in [6.07, 6.45) is 1.52. The van der Waals surface area contributed by atoms with Gasteiger partial charge in [0.05, 0.1) is 12.7 Å². The molecule has 1 nitrogen and oxygen atoms in total. The first kappa shape index (κ1) is 24.3. The number of rotatable bonds is 10. The fourth-order valence-corrected chi connectivity index (χ4v) is 4.51. The van der Waals surface area contributed by atoms with E-state index < -0.39 is 11.7 Å². The number of alkyl halides is 3. The molecule has 0 aliphatic rings. The van der Waals surface area contributed by atoms with E-state index in [-0.39, 0.29) is 0 Å². The van der Waals surface area contributed by atoms with Crippen molar-refractivity contribution in [2.24, 2.45) is 0 Å². The largest absolute Gasteiger partial charge is 0.497 e. The van der Waals surface area contributed by atoms with Crippen LogP contribution in [0.4, 0.5) is 13.2 Å². The molecule has 0 radical (unpaired) electrons. The molecule has 2 rings (SSSR count). The highest BCUT2D eigenvalue weighted by atomic mass is 19.4. The van der Waals surface area contributed by atoms with Crippen molar-refractivity contribution < 1.29 is 17.9 Å². The molecule has 0 N–H and O–H groups in total. The number of methoxy groups -OCH3 is 1. The molecule has 0 fully saturated rings. The lowest BCUT2D eigenvalue weighted by atomic mass is 9.78. The van der Waals surface area contributed by atoms with E-state index in [2.05, 4.69) is 13.8 Å². The Balaban J connectivity index is 3.03. The lowest BCUT2D eigenvalue weighted by Gasteiger charge is -2.28. The summed E-state index contributed by atoms with van der Waals surface area (Å²) in [5.41, 5.74) is 4.11. The van der Waals surface area contributed by atoms with Gasteiger partial charge in [-0.25, -0.2) is 0 Å². The Bertz CT molecular complexity index is 820. The van der Waals surface area contributed by atoms with Crippen LogP contribution in [0.3, 0.4) is 0 Å². The van der Waals surface area contributed by atoms with Crippen molar-refractivity contribution in [3.05, 3.63) is 52.1 Å². The van der Waals surface area contributed by atoms with Crippen molar-refractivity contribution in [2.75, 3.05) is 7.11 Å². The van der Waals surface area contributed by atoms with Crippen molar-refractivity contribution in [3.63, 3.8) is 0 Å². The third kappa shape index (κ3) is 5.19. The van der Waals surface area contributed by atoms with E-state index in [0.29, 0.717) is 48.1 Å². The van der Waals surface area contributed by atoms with Gasteiger partial charge in [-0.05, 0) is 71.2 Å². The van der Waals surface area contributed by atoms with Crippen LogP contribution in [0.25, 0.3) is 11.1 Å². The first-order chi connectivity index (χ1) is 14.3. The van der Waals surface area contributed by atoms with Crippen LogP contribution in [0.15, 0.2) is 24.3 Å². The van der Waals surface area contributed by atoms with Gasteiger partial charge >= 0.3 is 6.18 Å². The molecule has 0 saturated heterocycles. The zero-order valence-corrected chi connectivity index (χ0v) is 19.0. The van der Waals surface area contributed by atoms with Gasteiger partial charge in [-0.15, -0.1) is 0 Å². The van der Waals surface area contributed by atoms with Crippen molar-refractivity contribution in [2.45, 2.75) is 85.2 Å². The number of benzene rings is 2. The Morgan fingerprint density at radius 2 is 1.10 bits per heavy atom. The summed E-state index contributed by atoms with van der Waals surface area (Å²) in [5, 5.41) is 0. The molecule has 0 atom stereocenters. The maximum absolute atomic E-state index is 14.6. The quantitative estimate of drug-likeness (QED) is 0.376. The summed E-state index contributed by atoms with van der Waals surface area (Å²) in [4.78, 5) is 0. The summed E-state index contributed by atoms with van der Waals surface area (Å²) < 4.78 is 49.0. The van der Waals surface area contributed by atoms with Crippen LogP contribution in [0.2, 0.25) is 0 Å². The minimum atomic E-state index is -4.39. The fraction of sp³-hybridized carbons (Fsp3) is 0.538. The summed E-state index contributed by atoms with van der Waals surface area (Å²) in [7, 11) is 1.57. The first-order valence-electron chi connectivity index (χ1n) is 11.2. The average molecular weight is 421 g/mol. The molecule has 0 aliphatic heterocycles. The maximum Gasteiger partial charge on any atom is 0.417 e. The van der Waals surface area contributed by atoms with Gasteiger partial charge in [-0.2, -0.15) is 13.2 Å². The molecule has 2 aromatic rings. The molecule has 2 aromatic carbocycles. The van der Waals surface area contributed by atoms with Crippen LogP contribution in [0.1, 0.15) is 81.2 Å². The summed E-state index contributed by atoms with van der Waals surface area (Å²) in [6.45, 7) is 8.16. The molecule has 0 bridgehead atoms. The number of halogens is 3. The van der Waals surface area contributed by atoms with E-state index in [1.807, 2.05) is 13.8 Å². The summed E-state index contributed by atoms with van der Waals surface area (Å²) >= 11 is 0. The Labute approximate surface area is 179 Å². The van der Waals surface area contributed by atoms with Crippen molar-refractivity contribution in [1.82, 2.24) is 0 Å². The Kier molecular flexibility index (Phi) is 8.81. The lowest BCUT2D eigenvalue weighted by molar-refractivity contribution is -0.137. The van der Waals surface area contributed by atoms with Crippen LogP contribution in [-0.4, -0.2) is 7.11 Å². The van der Waals surface area contributed by atoms with E-state index in [0.717, 1.165) is 42.4 Å². The van der Waals surface area contributed by atoms with Crippen LogP contribution >= 0.6 is 0 Å². The third-order valence-electron chi connectivity index (χ3n) is 5.61. The molecule has 166 valence electrons. The van der Waals surface area contributed by atoms with Gasteiger partial charge < -0.3 is 4.74 Å². The highest BCUT2D eigenvalue weighted by Gasteiger charge is 2.39. The Morgan fingerprint density at radius 1 is 0.667 bits per heavy atom. The number of hydrogen-bond donors (Lipinski definition) is 0. The predicted molar refractivity (Wildman–Crippen MR) is 119 cm³/mol. The van der Waals surface area contributed by atoms with Crippen molar-refractivity contribution in [1.29, 1.82) is 0 Å². The molecule has 4 heteroatoms. The standard InChI is InChI=1S/C26H35F3O/c1-6-10-20-21(11-7-2)23(13-9-4)25(26(27,28)29)24(22(20)12-8-3)18-14-16-19(30-5)17-15-18/h14-17H,6-13H2,1-5H3.